The van der Waals surface area contributed by atoms with Gasteiger partial charge < -0.3 is 20.1 Å². The minimum atomic E-state index is -1.52. The van der Waals surface area contributed by atoms with Crippen molar-refractivity contribution in [3.8, 4) is 0 Å². The lowest BCUT2D eigenvalue weighted by Crippen LogP contribution is -2.47. The number of aliphatic hydroxyl groups is 1. The predicted octanol–water partition coefficient (Wildman–Crippen LogP) is 1.28. The summed E-state index contributed by atoms with van der Waals surface area (Å²) in [6.07, 6.45) is 1.61. The van der Waals surface area contributed by atoms with Crippen LogP contribution in [-0.4, -0.2) is 47.8 Å². The molecule has 28 heavy (non-hydrogen) atoms. The van der Waals surface area contributed by atoms with E-state index in [0.29, 0.717) is 43.7 Å². The monoisotopic (exact) mass is 393 g/mol. The molecule has 2 saturated heterocycles. The van der Waals surface area contributed by atoms with E-state index < -0.39 is 29.5 Å². The zero-order chi connectivity index (χ0) is 20.3. The van der Waals surface area contributed by atoms with Gasteiger partial charge >= 0.3 is 5.97 Å². The van der Waals surface area contributed by atoms with Crippen LogP contribution in [0.3, 0.4) is 0 Å². The molecule has 2 aliphatic rings. The molecule has 152 valence electrons. The van der Waals surface area contributed by atoms with Crippen LogP contribution in [0.4, 0.5) is 15.8 Å². The number of hydrogen-bond acceptors (Lipinski definition) is 7. The molecule has 0 aliphatic carbocycles. The normalized spacial score (nSPS) is 25.7. The highest BCUT2D eigenvalue weighted by Gasteiger charge is 2.34. The molecule has 2 heterocycles. The maximum absolute atomic E-state index is 14.7. The fourth-order valence-corrected chi connectivity index (χ4v) is 3.59. The zero-order valence-corrected chi connectivity index (χ0v) is 15.7. The number of carbonyl (C=O) groups excluding carboxylic acids is 3. The minimum Gasteiger partial charge on any atom is -0.433 e. The van der Waals surface area contributed by atoms with Crippen molar-refractivity contribution in [2.24, 2.45) is 0 Å². The van der Waals surface area contributed by atoms with Crippen molar-refractivity contribution in [2.45, 2.75) is 50.9 Å². The molecule has 3 N–H and O–H groups in total. The molecule has 3 rings (SSSR count). The van der Waals surface area contributed by atoms with Crippen molar-refractivity contribution >= 4 is 29.2 Å². The largest absolute Gasteiger partial charge is 0.433 e. The van der Waals surface area contributed by atoms with Crippen molar-refractivity contribution < 1.29 is 28.6 Å². The third-order valence-electron chi connectivity index (χ3n) is 4.97. The van der Waals surface area contributed by atoms with Crippen LogP contribution in [-0.2, 0) is 19.1 Å². The van der Waals surface area contributed by atoms with Gasteiger partial charge in [-0.2, -0.15) is 0 Å². The van der Waals surface area contributed by atoms with Crippen LogP contribution in [0.2, 0.25) is 0 Å². The molecule has 8 nitrogen and oxygen atoms in total. The number of carbonyl (C=O) groups is 3. The fourth-order valence-electron chi connectivity index (χ4n) is 3.59. The van der Waals surface area contributed by atoms with Crippen molar-refractivity contribution in [3.63, 3.8) is 0 Å². The molecule has 2 atom stereocenters. The highest BCUT2D eigenvalue weighted by atomic mass is 19.1. The molecule has 0 saturated carbocycles. The summed E-state index contributed by atoms with van der Waals surface area (Å²) in [6.45, 7) is 2.09. The first-order valence-corrected chi connectivity index (χ1v) is 9.32. The molecule has 0 spiro atoms. The van der Waals surface area contributed by atoms with E-state index in [2.05, 4.69) is 10.6 Å². The number of benzene rings is 1. The smallest absolute Gasteiger partial charge is 0.305 e. The number of anilines is 2. The Morgan fingerprint density at radius 1 is 1.36 bits per heavy atom. The number of piperidine rings is 1. The summed E-state index contributed by atoms with van der Waals surface area (Å²) in [5.41, 5.74) is 0.822. The van der Waals surface area contributed by atoms with Gasteiger partial charge in [0.25, 0.3) is 0 Å². The second kappa shape index (κ2) is 8.14. The van der Waals surface area contributed by atoms with Gasteiger partial charge in [-0.15, -0.1) is 0 Å². The number of hydrogen-bond donors (Lipinski definition) is 3. The first-order valence-electron chi connectivity index (χ1n) is 9.32. The van der Waals surface area contributed by atoms with Crippen molar-refractivity contribution in [1.82, 2.24) is 5.32 Å². The van der Waals surface area contributed by atoms with Crippen LogP contribution in [0, 0.1) is 5.82 Å². The van der Waals surface area contributed by atoms with E-state index in [-0.39, 0.29) is 18.7 Å². The van der Waals surface area contributed by atoms with Gasteiger partial charge in [0.15, 0.2) is 0 Å². The number of nitrogens with one attached hydrogen (secondary N) is 2. The maximum atomic E-state index is 14.7. The molecule has 9 heteroatoms. The lowest BCUT2D eigenvalue weighted by Gasteiger charge is -2.27. The van der Waals surface area contributed by atoms with E-state index in [1.165, 1.54) is 13.0 Å². The second-order valence-electron chi connectivity index (χ2n) is 7.19. The molecular weight excluding hydrogens is 369 g/mol. The topological polar surface area (TPSA) is 108 Å². The van der Waals surface area contributed by atoms with E-state index in [9.17, 15) is 23.9 Å². The first-order chi connectivity index (χ1) is 13.3. The standard InChI is InChI=1S/C19H24FN3O5/c1-12(24)28-19(27)7-2-9-23(10-8-19)16-5-3-13(11-14(16)20)21-15-4-6-17(25)22-18(15)26/h3,5,11,15,21,27H,2,4,6-10H2,1H3,(H,22,25,26). The summed E-state index contributed by atoms with van der Waals surface area (Å²) < 4.78 is 19.7. The van der Waals surface area contributed by atoms with Crippen molar-refractivity contribution in [2.75, 3.05) is 23.3 Å². The average molecular weight is 393 g/mol. The Morgan fingerprint density at radius 2 is 2.14 bits per heavy atom. The SMILES string of the molecule is CC(=O)OC1(O)CCCN(c2ccc(NC3CCC(=O)NC3=O)cc2F)CC1. The van der Waals surface area contributed by atoms with Gasteiger partial charge in [0.1, 0.15) is 11.9 Å². The van der Waals surface area contributed by atoms with Gasteiger partial charge in [-0.1, -0.05) is 0 Å². The van der Waals surface area contributed by atoms with Crippen LogP contribution in [0.25, 0.3) is 0 Å². The number of imide groups is 1. The summed E-state index contributed by atoms with van der Waals surface area (Å²) in [5.74, 6) is -3.26. The Labute approximate surface area is 162 Å². The Morgan fingerprint density at radius 3 is 2.82 bits per heavy atom. The van der Waals surface area contributed by atoms with Gasteiger partial charge in [0.05, 0.1) is 5.69 Å². The second-order valence-corrected chi connectivity index (χ2v) is 7.19. The number of amides is 2. The lowest BCUT2D eigenvalue weighted by molar-refractivity contribution is -0.210. The van der Waals surface area contributed by atoms with Gasteiger partial charge in [-0.3, -0.25) is 19.7 Å². The van der Waals surface area contributed by atoms with E-state index in [4.69, 9.17) is 4.74 Å². The number of nitrogens with zero attached hydrogens (tertiary/aromatic N) is 1. The number of rotatable bonds is 4. The predicted molar refractivity (Wildman–Crippen MR) is 99.0 cm³/mol. The summed E-state index contributed by atoms with van der Waals surface area (Å²) in [6, 6.07) is 4.01. The molecule has 0 aromatic heterocycles. The van der Waals surface area contributed by atoms with Crippen LogP contribution in [0.5, 0.6) is 0 Å². The fraction of sp³-hybridized carbons (Fsp3) is 0.526. The Kier molecular flexibility index (Phi) is 5.83. The highest BCUT2D eigenvalue weighted by molar-refractivity contribution is 6.01. The molecule has 2 unspecified atom stereocenters. The van der Waals surface area contributed by atoms with Crippen LogP contribution < -0.4 is 15.5 Å². The minimum absolute atomic E-state index is 0.183. The molecule has 2 aliphatic heterocycles. The molecule has 0 bridgehead atoms. The van der Waals surface area contributed by atoms with Crippen LogP contribution in [0.1, 0.15) is 39.0 Å². The van der Waals surface area contributed by atoms with E-state index in [0.717, 1.165) is 0 Å². The highest BCUT2D eigenvalue weighted by Crippen LogP contribution is 2.30. The summed E-state index contributed by atoms with van der Waals surface area (Å²) in [5, 5.41) is 15.6. The molecule has 1 aromatic carbocycles. The summed E-state index contributed by atoms with van der Waals surface area (Å²) in [7, 11) is 0. The third-order valence-corrected chi connectivity index (χ3v) is 4.97. The average Bonchev–Trinajstić information content (AvgIpc) is 2.79. The first kappa shape index (κ1) is 20.1. The Balaban J connectivity index is 1.66. The van der Waals surface area contributed by atoms with Crippen LogP contribution >= 0.6 is 0 Å². The van der Waals surface area contributed by atoms with Crippen molar-refractivity contribution in [1.29, 1.82) is 0 Å². The molecule has 0 radical (unpaired) electrons. The maximum Gasteiger partial charge on any atom is 0.305 e. The molecule has 2 fully saturated rings. The molecular formula is C19H24FN3O5. The zero-order valence-electron chi connectivity index (χ0n) is 15.7. The van der Waals surface area contributed by atoms with E-state index in [1.54, 1.807) is 17.0 Å². The Bertz CT molecular complexity index is 787. The third kappa shape index (κ3) is 4.78. The quantitative estimate of drug-likeness (QED) is 0.402. The molecule has 1 aromatic rings. The lowest BCUT2D eigenvalue weighted by atomic mass is 10.1. The molecule has 2 amide bonds. The number of ether oxygens (including phenoxy) is 1. The Hall–Kier alpha value is -2.68. The number of halogens is 1. The van der Waals surface area contributed by atoms with Crippen molar-refractivity contribution in [3.05, 3.63) is 24.0 Å². The van der Waals surface area contributed by atoms with Gasteiger partial charge in [-0.25, -0.2) is 4.39 Å². The summed E-state index contributed by atoms with van der Waals surface area (Å²) in [4.78, 5) is 36.0. The van der Waals surface area contributed by atoms with E-state index >= 15 is 0 Å². The van der Waals surface area contributed by atoms with Crippen LogP contribution in [0.15, 0.2) is 18.2 Å². The number of esters is 1. The summed E-state index contributed by atoms with van der Waals surface area (Å²) >= 11 is 0. The van der Waals surface area contributed by atoms with Gasteiger partial charge in [0, 0.05) is 45.0 Å². The van der Waals surface area contributed by atoms with E-state index in [1.807, 2.05) is 0 Å². The van der Waals surface area contributed by atoms with Gasteiger partial charge in [-0.05, 0) is 31.0 Å². The van der Waals surface area contributed by atoms with Gasteiger partial charge in [0.2, 0.25) is 17.6 Å².